The van der Waals surface area contributed by atoms with Crippen molar-refractivity contribution < 1.29 is 23.1 Å². The SMILES string of the molecule is CCC(C)=CNC1=C(C)C(c2cc3cccc(Cl)n3n2)N(C(=O)c2oc(C(C)(C)O)nc2C(F)F)CC1. The highest BCUT2D eigenvalue weighted by Gasteiger charge is 2.39. The molecule has 2 N–H and O–H groups in total. The topological polar surface area (TPSA) is 95.9 Å². The zero-order valence-electron chi connectivity index (χ0n) is 21.3. The van der Waals surface area contributed by atoms with Crippen molar-refractivity contribution in [3.8, 4) is 0 Å². The highest BCUT2D eigenvalue weighted by molar-refractivity contribution is 6.29. The third-order valence-electron chi connectivity index (χ3n) is 6.43. The molecule has 1 amide bonds. The van der Waals surface area contributed by atoms with Crippen molar-refractivity contribution in [2.24, 2.45) is 0 Å². The van der Waals surface area contributed by atoms with Crippen LogP contribution in [0.3, 0.4) is 0 Å². The number of hydrogen-bond donors (Lipinski definition) is 2. The zero-order valence-corrected chi connectivity index (χ0v) is 22.1. The van der Waals surface area contributed by atoms with Gasteiger partial charge in [0.25, 0.3) is 12.3 Å². The zero-order chi connectivity index (χ0) is 27.1. The van der Waals surface area contributed by atoms with Gasteiger partial charge in [0.15, 0.2) is 5.69 Å². The summed E-state index contributed by atoms with van der Waals surface area (Å²) in [5, 5.41) is 18.6. The Hall–Kier alpha value is -3.24. The summed E-state index contributed by atoms with van der Waals surface area (Å²) in [6.07, 6.45) is 0.206. The van der Waals surface area contributed by atoms with Gasteiger partial charge in [-0.2, -0.15) is 5.10 Å². The molecule has 1 aliphatic rings. The number of carbonyl (C=O) groups excluding carboxylic acids is 1. The molecule has 0 radical (unpaired) electrons. The molecular weight excluding hydrogens is 504 g/mol. The van der Waals surface area contributed by atoms with E-state index in [0.717, 1.165) is 28.8 Å². The minimum absolute atomic E-state index is 0.213. The van der Waals surface area contributed by atoms with Crippen LogP contribution in [0.15, 0.2) is 51.7 Å². The Labute approximate surface area is 218 Å². The van der Waals surface area contributed by atoms with E-state index >= 15 is 0 Å². The molecular formula is C26H30ClF2N5O3. The Morgan fingerprint density at radius 1 is 1.41 bits per heavy atom. The summed E-state index contributed by atoms with van der Waals surface area (Å²) in [4.78, 5) is 19.0. The third kappa shape index (κ3) is 5.26. The van der Waals surface area contributed by atoms with E-state index in [9.17, 15) is 18.7 Å². The van der Waals surface area contributed by atoms with Crippen molar-refractivity contribution >= 4 is 23.0 Å². The van der Waals surface area contributed by atoms with Crippen molar-refractivity contribution in [2.45, 2.75) is 65.5 Å². The van der Waals surface area contributed by atoms with E-state index in [4.69, 9.17) is 16.0 Å². The molecule has 198 valence electrons. The molecule has 4 rings (SSSR count). The number of carbonyl (C=O) groups is 1. The third-order valence-corrected chi connectivity index (χ3v) is 6.71. The molecule has 3 aromatic heterocycles. The molecule has 8 nitrogen and oxygen atoms in total. The maximum absolute atomic E-state index is 13.9. The summed E-state index contributed by atoms with van der Waals surface area (Å²) in [6.45, 7) is 8.86. The van der Waals surface area contributed by atoms with Crippen molar-refractivity contribution in [2.75, 3.05) is 6.54 Å². The van der Waals surface area contributed by atoms with E-state index in [1.165, 1.54) is 18.7 Å². The Morgan fingerprint density at radius 3 is 2.76 bits per heavy atom. The molecule has 11 heteroatoms. The van der Waals surface area contributed by atoms with Crippen LogP contribution in [0.4, 0.5) is 8.78 Å². The number of alkyl halides is 2. The Kier molecular flexibility index (Phi) is 7.43. The van der Waals surface area contributed by atoms with Crippen molar-refractivity contribution in [1.82, 2.24) is 24.8 Å². The largest absolute Gasteiger partial charge is 0.432 e. The first-order valence-electron chi connectivity index (χ1n) is 12.0. The van der Waals surface area contributed by atoms with E-state index in [2.05, 4.69) is 22.3 Å². The summed E-state index contributed by atoms with van der Waals surface area (Å²) < 4.78 is 34.8. The summed E-state index contributed by atoms with van der Waals surface area (Å²) >= 11 is 6.33. The lowest BCUT2D eigenvalue weighted by Crippen LogP contribution is -2.41. The van der Waals surface area contributed by atoms with Crippen molar-refractivity contribution in [1.29, 1.82) is 0 Å². The number of hydrogen-bond acceptors (Lipinski definition) is 6. The van der Waals surface area contributed by atoms with Gasteiger partial charge < -0.3 is 19.7 Å². The second kappa shape index (κ2) is 10.3. The monoisotopic (exact) mass is 533 g/mol. The molecule has 4 heterocycles. The lowest BCUT2D eigenvalue weighted by atomic mass is 9.94. The molecule has 0 spiro atoms. The van der Waals surface area contributed by atoms with Gasteiger partial charge in [0.1, 0.15) is 10.8 Å². The molecule has 1 atom stereocenters. The molecule has 0 aliphatic carbocycles. The highest BCUT2D eigenvalue weighted by Crippen LogP contribution is 2.38. The molecule has 1 aliphatic heterocycles. The van der Waals surface area contributed by atoms with Crippen molar-refractivity contribution in [3.63, 3.8) is 0 Å². The molecule has 0 aromatic carbocycles. The van der Waals surface area contributed by atoms with E-state index in [1.54, 1.807) is 16.6 Å². The lowest BCUT2D eigenvalue weighted by Gasteiger charge is -2.36. The van der Waals surface area contributed by atoms with Crippen molar-refractivity contribution in [3.05, 3.63) is 75.5 Å². The molecule has 0 saturated carbocycles. The van der Waals surface area contributed by atoms with Gasteiger partial charge in [-0.3, -0.25) is 4.79 Å². The standard InChI is InChI=1S/C26H30ClF2N5O3/c1-6-14(2)13-30-17-10-11-33(24(35)22-20(23(28)29)31-25(37-22)26(4,5)36)21(15(17)3)18-12-16-8-7-9-19(27)34(16)32-18/h7-9,12-13,21,23,30,36H,6,10-11H2,1-5H3. The fraction of sp³-hybridized carbons (Fsp3) is 0.423. The fourth-order valence-corrected chi connectivity index (χ4v) is 4.42. The van der Waals surface area contributed by atoms with Crippen LogP contribution in [0.1, 0.15) is 87.8 Å². The lowest BCUT2D eigenvalue weighted by molar-refractivity contribution is 0.0440. The number of rotatable bonds is 7. The molecule has 0 fully saturated rings. The number of pyridine rings is 1. The van der Waals surface area contributed by atoms with Gasteiger partial charge in [0.2, 0.25) is 11.7 Å². The van der Waals surface area contributed by atoms with Crippen LogP contribution in [0.25, 0.3) is 5.52 Å². The number of fused-ring (bicyclic) bond motifs is 1. The van der Waals surface area contributed by atoms with Gasteiger partial charge in [-0.25, -0.2) is 18.3 Å². The first kappa shape index (κ1) is 26.8. The van der Waals surface area contributed by atoms with Gasteiger partial charge in [0.05, 0.1) is 17.3 Å². The quantitative estimate of drug-likeness (QED) is 0.367. The number of aliphatic hydroxyl groups is 1. The maximum Gasteiger partial charge on any atom is 0.292 e. The minimum Gasteiger partial charge on any atom is -0.432 e. The van der Waals surface area contributed by atoms with Crippen LogP contribution in [-0.4, -0.2) is 37.1 Å². The Balaban J connectivity index is 1.83. The number of amides is 1. The van der Waals surface area contributed by atoms with Gasteiger partial charge in [-0.1, -0.05) is 30.2 Å². The Bertz CT molecular complexity index is 1390. The molecule has 1 unspecified atom stereocenters. The van der Waals surface area contributed by atoms with Crippen LogP contribution >= 0.6 is 11.6 Å². The van der Waals surface area contributed by atoms with Crippen LogP contribution in [-0.2, 0) is 5.60 Å². The van der Waals surface area contributed by atoms with Gasteiger partial charge in [-0.15, -0.1) is 0 Å². The van der Waals surface area contributed by atoms with Gasteiger partial charge in [-0.05, 0) is 64.1 Å². The normalized spacial score (nSPS) is 17.3. The number of nitrogens with zero attached hydrogens (tertiary/aromatic N) is 4. The van der Waals surface area contributed by atoms with Crippen LogP contribution < -0.4 is 5.32 Å². The molecule has 37 heavy (non-hydrogen) atoms. The average molecular weight is 534 g/mol. The number of aromatic nitrogens is 3. The predicted molar refractivity (Wildman–Crippen MR) is 135 cm³/mol. The van der Waals surface area contributed by atoms with Crippen LogP contribution in [0.5, 0.6) is 0 Å². The van der Waals surface area contributed by atoms with E-state index in [0.29, 0.717) is 17.3 Å². The highest BCUT2D eigenvalue weighted by atomic mass is 35.5. The summed E-state index contributed by atoms with van der Waals surface area (Å²) in [7, 11) is 0. The first-order chi connectivity index (χ1) is 17.4. The van der Waals surface area contributed by atoms with Crippen LogP contribution in [0.2, 0.25) is 5.15 Å². The van der Waals surface area contributed by atoms with E-state index in [1.807, 2.05) is 32.2 Å². The van der Waals surface area contributed by atoms with E-state index in [-0.39, 0.29) is 12.4 Å². The molecule has 0 bridgehead atoms. The number of nitrogens with one attached hydrogen (secondary N) is 1. The summed E-state index contributed by atoms with van der Waals surface area (Å²) in [6, 6.07) is 6.46. The van der Waals surface area contributed by atoms with Crippen LogP contribution in [0, 0.1) is 0 Å². The smallest absolute Gasteiger partial charge is 0.292 e. The van der Waals surface area contributed by atoms with Gasteiger partial charge in [0, 0.05) is 18.7 Å². The summed E-state index contributed by atoms with van der Waals surface area (Å²) in [5.41, 5.74) is 1.67. The maximum atomic E-state index is 13.9. The first-order valence-corrected chi connectivity index (χ1v) is 12.4. The predicted octanol–water partition coefficient (Wildman–Crippen LogP) is 5.91. The number of oxazole rings is 1. The van der Waals surface area contributed by atoms with E-state index < -0.39 is 35.4 Å². The minimum atomic E-state index is -3.06. The molecule has 3 aromatic rings. The second-order valence-electron chi connectivity index (χ2n) is 9.65. The fourth-order valence-electron chi connectivity index (χ4n) is 4.22. The number of allylic oxidation sites excluding steroid dienone is 1. The van der Waals surface area contributed by atoms with Gasteiger partial charge >= 0.3 is 0 Å². The number of halogens is 3. The Morgan fingerprint density at radius 2 is 2.14 bits per heavy atom. The average Bonchev–Trinajstić information content (AvgIpc) is 3.48. The summed E-state index contributed by atoms with van der Waals surface area (Å²) in [5.74, 6) is -1.70. The second-order valence-corrected chi connectivity index (χ2v) is 10.0. The molecule has 0 saturated heterocycles.